The zero-order valence-electron chi connectivity index (χ0n) is 6.50. The highest BCUT2D eigenvalue weighted by molar-refractivity contribution is 9.10. The molecule has 62 valence electrons. The van der Waals surface area contributed by atoms with Gasteiger partial charge in [-0.05, 0) is 11.6 Å². The molecule has 0 saturated carbocycles. The third-order valence-electron chi connectivity index (χ3n) is 1.67. The molecule has 1 atom stereocenters. The first-order valence-corrected chi connectivity index (χ1v) is 4.43. The van der Waals surface area contributed by atoms with Gasteiger partial charge >= 0.3 is 0 Å². The summed E-state index contributed by atoms with van der Waals surface area (Å²) in [5.41, 5.74) is 6.40. The number of benzene rings is 1. The van der Waals surface area contributed by atoms with Crippen LogP contribution >= 0.6 is 15.9 Å². The highest BCUT2D eigenvalue weighted by Crippen LogP contribution is 2.23. The van der Waals surface area contributed by atoms with Gasteiger partial charge in [0, 0.05) is 11.0 Å². The maximum Gasteiger partial charge on any atom is 0.0845 e. The van der Waals surface area contributed by atoms with Crippen LogP contribution in [0.3, 0.4) is 0 Å². The van der Waals surface area contributed by atoms with Crippen LogP contribution < -0.4 is 5.73 Å². The second-order valence-electron chi connectivity index (χ2n) is 2.44. The smallest absolute Gasteiger partial charge is 0.0845 e. The predicted molar refractivity (Wildman–Crippen MR) is 51.6 cm³/mol. The summed E-state index contributed by atoms with van der Waals surface area (Å²) in [5, 5.41) is 8.75. The fourth-order valence-corrected chi connectivity index (χ4v) is 1.57. The molecular formula is C9H9BrN2. The molecule has 1 rings (SSSR count). The number of halogens is 1. The molecule has 0 spiro atoms. The second-order valence-corrected chi connectivity index (χ2v) is 3.29. The number of hydrogen-bond donors (Lipinski definition) is 1. The standard InChI is InChI=1S/C9H9BrN2/c10-9-4-2-1-3-8(9)7(5-11)6-12/h1-4,7H,5,11H2. The molecule has 0 aliphatic heterocycles. The van der Waals surface area contributed by atoms with E-state index < -0.39 is 0 Å². The molecule has 2 nitrogen and oxygen atoms in total. The third kappa shape index (κ3) is 1.84. The lowest BCUT2D eigenvalue weighted by Crippen LogP contribution is -2.10. The molecule has 0 heterocycles. The fourth-order valence-electron chi connectivity index (χ4n) is 1.01. The van der Waals surface area contributed by atoms with E-state index in [1.807, 2.05) is 24.3 Å². The van der Waals surface area contributed by atoms with E-state index in [0.717, 1.165) is 10.0 Å². The van der Waals surface area contributed by atoms with Crippen LogP contribution in [0, 0.1) is 11.3 Å². The van der Waals surface area contributed by atoms with Crippen LogP contribution in [0.15, 0.2) is 28.7 Å². The molecule has 0 fully saturated rings. The van der Waals surface area contributed by atoms with Gasteiger partial charge in [0.1, 0.15) is 0 Å². The Bertz CT molecular complexity index is 304. The fraction of sp³-hybridized carbons (Fsp3) is 0.222. The van der Waals surface area contributed by atoms with Gasteiger partial charge in [-0.1, -0.05) is 34.1 Å². The first kappa shape index (κ1) is 9.24. The zero-order chi connectivity index (χ0) is 8.97. The average molecular weight is 225 g/mol. The van der Waals surface area contributed by atoms with Crippen LogP contribution in [0.5, 0.6) is 0 Å². The molecule has 1 unspecified atom stereocenters. The average Bonchev–Trinajstić information content (AvgIpc) is 2.10. The molecule has 0 bridgehead atoms. The molecule has 3 heteroatoms. The van der Waals surface area contributed by atoms with Crippen molar-refractivity contribution in [3.05, 3.63) is 34.3 Å². The van der Waals surface area contributed by atoms with Gasteiger partial charge in [0.05, 0.1) is 12.0 Å². The van der Waals surface area contributed by atoms with Crippen molar-refractivity contribution in [2.75, 3.05) is 6.54 Å². The van der Waals surface area contributed by atoms with Gasteiger partial charge in [-0.2, -0.15) is 5.26 Å². The molecule has 0 aliphatic rings. The van der Waals surface area contributed by atoms with Crippen LogP contribution in [-0.2, 0) is 0 Å². The predicted octanol–water partition coefficient (Wildman–Crippen LogP) is 2.01. The van der Waals surface area contributed by atoms with E-state index in [4.69, 9.17) is 11.0 Å². The molecule has 0 radical (unpaired) electrons. The summed E-state index contributed by atoms with van der Waals surface area (Å²) in [6.45, 7) is 0.360. The van der Waals surface area contributed by atoms with Crippen molar-refractivity contribution in [2.24, 2.45) is 5.73 Å². The molecule has 1 aromatic rings. The number of nitrogens with zero attached hydrogens (tertiary/aromatic N) is 1. The van der Waals surface area contributed by atoms with Crippen molar-refractivity contribution in [1.29, 1.82) is 5.26 Å². The van der Waals surface area contributed by atoms with E-state index in [1.54, 1.807) is 0 Å². The van der Waals surface area contributed by atoms with Crippen LogP contribution in [0.2, 0.25) is 0 Å². The SMILES string of the molecule is N#CC(CN)c1ccccc1Br. The summed E-state index contributed by atoms with van der Waals surface area (Å²) in [6.07, 6.45) is 0. The minimum Gasteiger partial charge on any atom is -0.329 e. The van der Waals surface area contributed by atoms with Gasteiger partial charge in [0.15, 0.2) is 0 Å². The summed E-state index contributed by atoms with van der Waals surface area (Å²) >= 11 is 3.37. The van der Waals surface area contributed by atoms with E-state index >= 15 is 0 Å². The Labute approximate surface area is 80.1 Å². The molecule has 0 aromatic heterocycles. The summed E-state index contributed by atoms with van der Waals surface area (Å²) < 4.78 is 0.946. The number of rotatable bonds is 2. The summed E-state index contributed by atoms with van der Waals surface area (Å²) in [4.78, 5) is 0. The minimum absolute atomic E-state index is 0.208. The maximum absolute atomic E-state index is 8.75. The molecule has 12 heavy (non-hydrogen) atoms. The van der Waals surface area contributed by atoms with Gasteiger partial charge in [0.25, 0.3) is 0 Å². The topological polar surface area (TPSA) is 49.8 Å². The van der Waals surface area contributed by atoms with E-state index in [-0.39, 0.29) is 5.92 Å². The van der Waals surface area contributed by atoms with Crippen LogP contribution in [-0.4, -0.2) is 6.54 Å². The van der Waals surface area contributed by atoms with E-state index in [2.05, 4.69) is 22.0 Å². The van der Waals surface area contributed by atoms with Crippen molar-refractivity contribution >= 4 is 15.9 Å². The molecule has 0 aliphatic carbocycles. The second kappa shape index (κ2) is 4.24. The van der Waals surface area contributed by atoms with Gasteiger partial charge in [-0.15, -0.1) is 0 Å². The molecule has 0 saturated heterocycles. The third-order valence-corrected chi connectivity index (χ3v) is 2.39. The van der Waals surface area contributed by atoms with Gasteiger partial charge in [0.2, 0.25) is 0 Å². The van der Waals surface area contributed by atoms with Crippen molar-refractivity contribution < 1.29 is 0 Å². The van der Waals surface area contributed by atoms with Crippen molar-refractivity contribution in [2.45, 2.75) is 5.92 Å². The van der Waals surface area contributed by atoms with Crippen molar-refractivity contribution in [3.8, 4) is 6.07 Å². The van der Waals surface area contributed by atoms with E-state index in [1.165, 1.54) is 0 Å². The van der Waals surface area contributed by atoms with Crippen molar-refractivity contribution in [1.82, 2.24) is 0 Å². The molecule has 2 N–H and O–H groups in total. The first-order chi connectivity index (χ1) is 5.79. The van der Waals surface area contributed by atoms with Gasteiger partial charge < -0.3 is 5.73 Å². The lowest BCUT2D eigenvalue weighted by atomic mass is 10.0. The summed E-state index contributed by atoms with van der Waals surface area (Å²) in [6, 6.07) is 9.79. The Balaban J connectivity index is 3.02. The van der Waals surface area contributed by atoms with E-state index in [0.29, 0.717) is 6.54 Å². The Morgan fingerprint density at radius 2 is 2.17 bits per heavy atom. The van der Waals surface area contributed by atoms with Crippen LogP contribution in [0.1, 0.15) is 11.5 Å². The van der Waals surface area contributed by atoms with E-state index in [9.17, 15) is 0 Å². The quantitative estimate of drug-likeness (QED) is 0.836. The zero-order valence-corrected chi connectivity index (χ0v) is 8.08. The van der Waals surface area contributed by atoms with Gasteiger partial charge in [-0.25, -0.2) is 0 Å². The number of nitrogens with two attached hydrogens (primary N) is 1. The monoisotopic (exact) mass is 224 g/mol. The first-order valence-electron chi connectivity index (χ1n) is 3.63. The Kier molecular flexibility index (Phi) is 3.27. The van der Waals surface area contributed by atoms with Crippen LogP contribution in [0.25, 0.3) is 0 Å². The normalized spacial score (nSPS) is 12.1. The Hall–Kier alpha value is -0.850. The highest BCUT2D eigenvalue weighted by atomic mass is 79.9. The highest BCUT2D eigenvalue weighted by Gasteiger charge is 2.10. The minimum atomic E-state index is -0.208. The summed E-state index contributed by atoms with van der Waals surface area (Å²) in [7, 11) is 0. The number of nitriles is 1. The van der Waals surface area contributed by atoms with Crippen molar-refractivity contribution in [3.63, 3.8) is 0 Å². The molecule has 1 aromatic carbocycles. The Morgan fingerprint density at radius 3 is 2.67 bits per heavy atom. The summed E-state index contributed by atoms with van der Waals surface area (Å²) in [5.74, 6) is -0.208. The van der Waals surface area contributed by atoms with Gasteiger partial charge in [-0.3, -0.25) is 0 Å². The van der Waals surface area contributed by atoms with Crippen LogP contribution in [0.4, 0.5) is 0 Å². The Morgan fingerprint density at radius 1 is 1.50 bits per heavy atom. The number of hydrogen-bond acceptors (Lipinski definition) is 2. The largest absolute Gasteiger partial charge is 0.329 e. The molecule has 0 amide bonds. The lowest BCUT2D eigenvalue weighted by Gasteiger charge is -2.07. The molecular weight excluding hydrogens is 216 g/mol. The lowest BCUT2D eigenvalue weighted by molar-refractivity contribution is 0.858. The maximum atomic E-state index is 8.75.